The maximum atomic E-state index is 12.5. The Morgan fingerprint density at radius 1 is 1.08 bits per heavy atom. The Morgan fingerprint density at radius 3 is 2.33 bits per heavy atom. The molecule has 0 radical (unpaired) electrons. The summed E-state index contributed by atoms with van der Waals surface area (Å²) in [6, 6.07) is 10.3. The standard InChI is InChI=1S/C17H18N2O3S2/c1-11-9-15-16(10-12(11)2)23-17(19(15)3)18-24(20,21)14-7-5-13(22-4)6-8-14/h5-10H,1-4H3/b18-17-. The number of benzene rings is 2. The van der Waals surface area contributed by atoms with E-state index in [0.717, 1.165) is 10.2 Å². The topological polar surface area (TPSA) is 60.7 Å². The van der Waals surface area contributed by atoms with Crippen LogP contribution in [-0.4, -0.2) is 20.1 Å². The fourth-order valence-electron chi connectivity index (χ4n) is 2.37. The highest BCUT2D eigenvalue weighted by Gasteiger charge is 2.14. The summed E-state index contributed by atoms with van der Waals surface area (Å²) in [5, 5.41) is 0. The number of aromatic nitrogens is 1. The predicted molar refractivity (Wildman–Crippen MR) is 96.0 cm³/mol. The number of methoxy groups -OCH3 is 1. The fraction of sp³-hybridized carbons (Fsp3) is 0.235. The highest BCUT2D eigenvalue weighted by Crippen LogP contribution is 2.22. The summed E-state index contributed by atoms with van der Waals surface area (Å²) in [4.78, 5) is 0.596. The molecular formula is C17H18N2O3S2. The Hall–Kier alpha value is -2.12. The van der Waals surface area contributed by atoms with Crippen LogP contribution in [-0.2, 0) is 17.1 Å². The Bertz CT molecular complexity index is 1080. The van der Waals surface area contributed by atoms with E-state index >= 15 is 0 Å². The molecule has 24 heavy (non-hydrogen) atoms. The summed E-state index contributed by atoms with van der Waals surface area (Å²) in [6.07, 6.45) is 0. The lowest BCUT2D eigenvalue weighted by Crippen LogP contribution is -2.13. The average Bonchev–Trinajstić information content (AvgIpc) is 2.83. The molecule has 0 bridgehead atoms. The van der Waals surface area contributed by atoms with Crippen LogP contribution in [0.15, 0.2) is 45.7 Å². The first-order chi connectivity index (χ1) is 11.3. The van der Waals surface area contributed by atoms with Crippen LogP contribution >= 0.6 is 11.3 Å². The van der Waals surface area contributed by atoms with Crippen molar-refractivity contribution in [3.63, 3.8) is 0 Å². The summed E-state index contributed by atoms with van der Waals surface area (Å²) in [5.74, 6) is 0.604. The molecule has 0 amide bonds. The van der Waals surface area contributed by atoms with E-state index in [0.29, 0.717) is 10.6 Å². The number of thiazole rings is 1. The van der Waals surface area contributed by atoms with E-state index in [1.165, 1.54) is 41.7 Å². The number of ether oxygens (including phenoxy) is 1. The number of sulfonamides is 1. The second-order valence-corrected chi connectivity index (χ2v) is 8.20. The van der Waals surface area contributed by atoms with Gasteiger partial charge in [0.05, 0.1) is 22.2 Å². The highest BCUT2D eigenvalue weighted by molar-refractivity contribution is 7.90. The normalized spacial score (nSPS) is 12.8. The van der Waals surface area contributed by atoms with Crippen LogP contribution in [0.2, 0.25) is 0 Å². The first-order valence-corrected chi connectivity index (χ1v) is 9.59. The van der Waals surface area contributed by atoms with E-state index in [9.17, 15) is 8.42 Å². The SMILES string of the molecule is COc1ccc(S(=O)(=O)/N=c2\sc3cc(C)c(C)cc3n2C)cc1. The van der Waals surface area contributed by atoms with Crippen LogP contribution in [0.4, 0.5) is 0 Å². The van der Waals surface area contributed by atoms with E-state index in [2.05, 4.69) is 16.5 Å². The van der Waals surface area contributed by atoms with Crippen LogP contribution in [0, 0.1) is 13.8 Å². The third-order valence-corrected chi connectivity index (χ3v) is 6.47. The lowest BCUT2D eigenvalue weighted by atomic mass is 10.1. The molecule has 0 unspecified atom stereocenters. The Kier molecular flexibility index (Phi) is 4.23. The van der Waals surface area contributed by atoms with Gasteiger partial charge >= 0.3 is 0 Å². The minimum Gasteiger partial charge on any atom is -0.497 e. The molecule has 0 N–H and O–H groups in total. The molecule has 1 aromatic heterocycles. The monoisotopic (exact) mass is 362 g/mol. The van der Waals surface area contributed by atoms with Crippen LogP contribution in [0.3, 0.4) is 0 Å². The molecule has 0 aliphatic carbocycles. The van der Waals surface area contributed by atoms with Gasteiger partial charge in [-0.05, 0) is 61.4 Å². The molecule has 126 valence electrons. The number of hydrogen-bond donors (Lipinski definition) is 0. The van der Waals surface area contributed by atoms with Crippen LogP contribution in [0.25, 0.3) is 10.2 Å². The van der Waals surface area contributed by atoms with Gasteiger partial charge in [-0.1, -0.05) is 11.3 Å². The molecule has 7 heteroatoms. The van der Waals surface area contributed by atoms with Gasteiger partial charge in [-0.2, -0.15) is 8.42 Å². The second-order valence-electron chi connectivity index (χ2n) is 5.59. The summed E-state index contributed by atoms with van der Waals surface area (Å²) in [7, 11) is -0.404. The molecule has 0 fully saturated rings. The lowest BCUT2D eigenvalue weighted by molar-refractivity contribution is 0.414. The Morgan fingerprint density at radius 2 is 1.71 bits per heavy atom. The van der Waals surface area contributed by atoms with E-state index in [1.54, 1.807) is 12.1 Å². The van der Waals surface area contributed by atoms with E-state index in [1.807, 2.05) is 25.5 Å². The summed E-state index contributed by atoms with van der Waals surface area (Å²) >= 11 is 1.37. The number of nitrogens with zero attached hydrogens (tertiary/aromatic N) is 2. The predicted octanol–water partition coefficient (Wildman–Crippen LogP) is 3.15. The fourth-order valence-corrected chi connectivity index (χ4v) is 4.70. The zero-order valence-electron chi connectivity index (χ0n) is 13.9. The third kappa shape index (κ3) is 2.97. The van der Waals surface area contributed by atoms with Gasteiger partial charge in [-0.3, -0.25) is 0 Å². The molecule has 3 aromatic rings. The van der Waals surface area contributed by atoms with Crippen LogP contribution in [0.5, 0.6) is 5.75 Å². The second kappa shape index (κ2) is 6.07. The van der Waals surface area contributed by atoms with Crippen molar-refractivity contribution in [2.75, 3.05) is 7.11 Å². The molecule has 5 nitrogen and oxygen atoms in total. The van der Waals surface area contributed by atoms with Gasteiger partial charge in [0.25, 0.3) is 10.0 Å². The molecule has 1 heterocycles. The number of rotatable bonds is 3. The molecular weight excluding hydrogens is 344 g/mol. The number of aryl methyl sites for hydroxylation is 3. The summed E-state index contributed by atoms with van der Waals surface area (Å²) in [6.45, 7) is 4.08. The van der Waals surface area contributed by atoms with Gasteiger partial charge in [0.15, 0.2) is 0 Å². The van der Waals surface area contributed by atoms with Gasteiger partial charge < -0.3 is 9.30 Å². The van der Waals surface area contributed by atoms with Crippen molar-refractivity contribution in [3.8, 4) is 5.75 Å². The van der Waals surface area contributed by atoms with Gasteiger partial charge in [-0.15, -0.1) is 4.40 Å². The smallest absolute Gasteiger partial charge is 0.285 e. The molecule has 0 aliphatic rings. The maximum Gasteiger partial charge on any atom is 0.285 e. The Labute approximate surface area is 144 Å². The first kappa shape index (κ1) is 16.7. The zero-order valence-corrected chi connectivity index (χ0v) is 15.5. The van der Waals surface area contributed by atoms with Crippen molar-refractivity contribution in [1.29, 1.82) is 0 Å². The van der Waals surface area contributed by atoms with Crippen LogP contribution < -0.4 is 9.54 Å². The summed E-state index contributed by atoms with van der Waals surface area (Å²) in [5.41, 5.74) is 3.32. The molecule has 0 saturated carbocycles. The van der Waals surface area contributed by atoms with Crippen molar-refractivity contribution in [2.45, 2.75) is 18.7 Å². The van der Waals surface area contributed by atoms with Crippen molar-refractivity contribution in [1.82, 2.24) is 4.57 Å². The van der Waals surface area contributed by atoms with Gasteiger partial charge in [-0.25, -0.2) is 0 Å². The van der Waals surface area contributed by atoms with Crippen LogP contribution in [0.1, 0.15) is 11.1 Å². The van der Waals surface area contributed by atoms with E-state index < -0.39 is 10.0 Å². The van der Waals surface area contributed by atoms with Crippen molar-refractivity contribution in [3.05, 3.63) is 52.3 Å². The lowest BCUT2D eigenvalue weighted by Gasteiger charge is -2.02. The first-order valence-electron chi connectivity index (χ1n) is 7.33. The zero-order chi connectivity index (χ0) is 17.5. The third-order valence-electron chi connectivity index (χ3n) is 3.98. The minimum atomic E-state index is -3.77. The average molecular weight is 362 g/mol. The largest absolute Gasteiger partial charge is 0.497 e. The quantitative estimate of drug-likeness (QED) is 0.719. The van der Waals surface area contributed by atoms with E-state index in [4.69, 9.17) is 4.74 Å². The number of hydrogen-bond acceptors (Lipinski definition) is 4. The van der Waals surface area contributed by atoms with Gasteiger partial charge in [0, 0.05) is 7.05 Å². The molecule has 0 spiro atoms. The molecule has 0 saturated heterocycles. The van der Waals surface area contributed by atoms with Crippen molar-refractivity contribution < 1.29 is 13.2 Å². The van der Waals surface area contributed by atoms with Crippen molar-refractivity contribution in [2.24, 2.45) is 11.4 Å². The summed E-state index contributed by atoms with van der Waals surface area (Å²) < 4.78 is 37.0. The van der Waals surface area contributed by atoms with Gasteiger partial charge in [0.2, 0.25) is 4.80 Å². The van der Waals surface area contributed by atoms with Crippen molar-refractivity contribution >= 4 is 31.6 Å². The Balaban J connectivity index is 2.16. The molecule has 0 aliphatic heterocycles. The molecule has 2 aromatic carbocycles. The molecule has 3 rings (SSSR count). The van der Waals surface area contributed by atoms with E-state index in [-0.39, 0.29) is 4.90 Å². The highest BCUT2D eigenvalue weighted by atomic mass is 32.2. The number of fused-ring (bicyclic) bond motifs is 1. The van der Waals surface area contributed by atoms with Gasteiger partial charge in [0.1, 0.15) is 5.75 Å². The minimum absolute atomic E-state index is 0.146. The molecule has 0 atom stereocenters. The maximum absolute atomic E-state index is 12.5.